The molecule has 0 aliphatic carbocycles. The number of hydrogen-bond acceptors (Lipinski definition) is 3. The SMILES string of the molecule is Cl.N=C(N)SCc1cn2ccccc2n1. The van der Waals surface area contributed by atoms with Crippen molar-refractivity contribution in [2.45, 2.75) is 5.75 Å². The molecule has 0 saturated carbocycles. The molecule has 0 aliphatic rings. The minimum absolute atomic E-state index is 0. The number of hydrogen-bond donors (Lipinski definition) is 2. The number of fused-ring (bicyclic) bond motifs is 1. The fraction of sp³-hybridized carbons (Fsp3) is 0.111. The van der Waals surface area contributed by atoms with Crippen molar-refractivity contribution in [1.29, 1.82) is 5.41 Å². The Labute approximate surface area is 97.8 Å². The summed E-state index contributed by atoms with van der Waals surface area (Å²) in [4.78, 5) is 4.37. The maximum Gasteiger partial charge on any atom is 0.151 e. The number of nitrogens with one attached hydrogen (secondary N) is 1. The second-order valence-electron chi connectivity index (χ2n) is 2.85. The van der Waals surface area contributed by atoms with Crippen LogP contribution < -0.4 is 5.73 Å². The number of nitrogens with two attached hydrogens (primary N) is 1. The van der Waals surface area contributed by atoms with Gasteiger partial charge < -0.3 is 10.1 Å². The molecule has 4 nitrogen and oxygen atoms in total. The first-order valence-corrected chi connectivity index (χ1v) is 5.14. The molecule has 0 atom stereocenters. The highest BCUT2D eigenvalue weighted by molar-refractivity contribution is 8.13. The maximum atomic E-state index is 7.08. The summed E-state index contributed by atoms with van der Waals surface area (Å²) in [5.41, 5.74) is 7.11. The van der Waals surface area contributed by atoms with E-state index < -0.39 is 0 Å². The van der Waals surface area contributed by atoms with E-state index in [0.29, 0.717) is 5.75 Å². The van der Waals surface area contributed by atoms with Gasteiger partial charge >= 0.3 is 0 Å². The van der Waals surface area contributed by atoms with Crippen molar-refractivity contribution in [3.8, 4) is 0 Å². The van der Waals surface area contributed by atoms with E-state index in [0.717, 1.165) is 11.3 Å². The van der Waals surface area contributed by atoms with Gasteiger partial charge in [-0.15, -0.1) is 12.4 Å². The Kier molecular flexibility index (Phi) is 3.99. The Morgan fingerprint density at radius 3 is 3.00 bits per heavy atom. The Balaban J connectivity index is 0.00000112. The lowest BCUT2D eigenvalue weighted by Crippen LogP contribution is -2.03. The van der Waals surface area contributed by atoms with Crippen LogP contribution in [0.25, 0.3) is 5.65 Å². The predicted molar refractivity (Wildman–Crippen MR) is 65.6 cm³/mol. The van der Waals surface area contributed by atoms with Crippen molar-refractivity contribution in [3.05, 3.63) is 36.3 Å². The Morgan fingerprint density at radius 2 is 2.33 bits per heavy atom. The Morgan fingerprint density at radius 1 is 1.53 bits per heavy atom. The van der Waals surface area contributed by atoms with Gasteiger partial charge in [0.25, 0.3) is 0 Å². The Hall–Kier alpha value is -1.20. The highest BCUT2D eigenvalue weighted by Crippen LogP contribution is 2.11. The Bertz CT molecular complexity index is 435. The largest absolute Gasteiger partial charge is 0.379 e. The second-order valence-corrected chi connectivity index (χ2v) is 3.87. The second kappa shape index (κ2) is 5.04. The third-order valence-electron chi connectivity index (χ3n) is 1.79. The van der Waals surface area contributed by atoms with Gasteiger partial charge in [0.15, 0.2) is 5.17 Å². The van der Waals surface area contributed by atoms with Crippen LogP contribution in [0, 0.1) is 5.41 Å². The van der Waals surface area contributed by atoms with Gasteiger partial charge in [0, 0.05) is 18.1 Å². The summed E-state index contributed by atoms with van der Waals surface area (Å²) in [5.74, 6) is 0.650. The molecule has 0 fully saturated rings. The molecule has 0 saturated heterocycles. The quantitative estimate of drug-likeness (QED) is 0.624. The summed E-state index contributed by atoms with van der Waals surface area (Å²) in [7, 11) is 0. The smallest absolute Gasteiger partial charge is 0.151 e. The van der Waals surface area contributed by atoms with E-state index in [9.17, 15) is 0 Å². The molecule has 0 spiro atoms. The molecule has 0 bridgehead atoms. The lowest BCUT2D eigenvalue weighted by atomic mass is 10.5. The fourth-order valence-electron chi connectivity index (χ4n) is 1.21. The number of thioether (sulfide) groups is 1. The van der Waals surface area contributed by atoms with Gasteiger partial charge in [0.1, 0.15) is 5.65 Å². The molecule has 2 heterocycles. The van der Waals surface area contributed by atoms with E-state index in [2.05, 4.69) is 4.98 Å². The number of nitrogens with zero attached hydrogens (tertiary/aromatic N) is 2. The van der Waals surface area contributed by atoms with Crippen LogP contribution in [0.3, 0.4) is 0 Å². The standard InChI is InChI=1S/C9H10N4S.ClH/c10-9(11)14-6-7-5-13-4-2-1-3-8(13)12-7;/h1-5H,6H2,(H3,10,11);1H. The lowest BCUT2D eigenvalue weighted by molar-refractivity contribution is 1.18. The zero-order valence-electron chi connectivity index (χ0n) is 7.88. The van der Waals surface area contributed by atoms with Crippen molar-refractivity contribution >= 4 is 35.0 Å². The predicted octanol–water partition coefficient (Wildman–Crippen LogP) is 1.88. The zero-order chi connectivity index (χ0) is 9.97. The van der Waals surface area contributed by atoms with Crippen LogP contribution in [0.5, 0.6) is 0 Å². The van der Waals surface area contributed by atoms with Crippen LogP contribution in [0.15, 0.2) is 30.6 Å². The maximum absolute atomic E-state index is 7.08. The van der Waals surface area contributed by atoms with E-state index in [4.69, 9.17) is 11.1 Å². The summed E-state index contributed by atoms with van der Waals surface area (Å²) < 4.78 is 1.95. The van der Waals surface area contributed by atoms with Gasteiger partial charge in [-0.05, 0) is 12.1 Å². The van der Waals surface area contributed by atoms with Gasteiger partial charge in [-0.25, -0.2) is 4.98 Å². The van der Waals surface area contributed by atoms with Crippen LogP contribution in [0.1, 0.15) is 5.69 Å². The topological polar surface area (TPSA) is 67.2 Å². The van der Waals surface area contributed by atoms with Crippen LogP contribution >= 0.6 is 24.2 Å². The molecule has 2 rings (SSSR count). The number of pyridine rings is 1. The van der Waals surface area contributed by atoms with E-state index in [1.54, 1.807) is 0 Å². The molecular formula is C9H11ClN4S. The molecule has 0 radical (unpaired) electrons. The van der Waals surface area contributed by atoms with Crippen LogP contribution in [0.4, 0.5) is 0 Å². The van der Waals surface area contributed by atoms with E-state index in [-0.39, 0.29) is 17.6 Å². The molecule has 80 valence electrons. The zero-order valence-corrected chi connectivity index (χ0v) is 9.52. The molecule has 3 N–H and O–H groups in total. The molecular weight excluding hydrogens is 232 g/mol. The van der Waals surface area contributed by atoms with Gasteiger partial charge in [-0.2, -0.15) is 0 Å². The molecule has 15 heavy (non-hydrogen) atoms. The summed E-state index contributed by atoms with van der Waals surface area (Å²) in [6.07, 6.45) is 3.90. The van der Waals surface area contributed by atoms with E-state index >= 15 is 0 Å². The first-order chi connectivity index (χ1) is 6.75. The average Bonchev–Trinajstić information content (AvgIpc) is 2.57. The average molecular weight is 243 g/mol. The summed E-state index contributed by atoms with van der Waals surface area (Å²) in [5, 5.41) is 7.21. The molecule has 0 unspecified atom stereocenters. The molecule has 0 aliphatic heterocycles. The van der Waals surface area contributed by atoms with E-state index in [1.807, 2.05) is 35.0 Å². The van der Waals surface area contributed by atoms with Crippen LogP contribution in [-0.2, 0) is 5.75 Å². The van der Waals surface area contributed by atoms with Gasteiger partial charge in [0.05, 0.1) is 5.69 Å². The monoisotopic (exact) mass is 242 g/mol. The summed E-state index contributed by atoms with van der Waals surface area (Å²) in [6, 6.07) is 5.85. The number of halogens is 1. The fourth-order valence-corrected chi connectivity index (χ4v) is 1.65. The highest BCUT2D eigenvalue weighted by atomic mass is 35.5. The first kappa shape index (κ1) is 11.9. The normalized spacial score (nSPS) is 9.87. The molecule has 6 heteroatoms. The van der Waals surface area contributed by atoms with Crippen molar-refractivity contribution in [3.63, 3.8) is 0 Å². The van der Waals surface area contributed by atoms with Crippen LogP contribution in [-0.4, -0.2) is 14.6 Å². The minimum atomic E-state index is 0. The highest BCUT2D eigenvalue weighted by Gasteiger charge is 2.01. The number of rotatable bonds is 2. The lowest BCUT2D eigenvalue weighted by Gasteiger charge is -1.92. The van der Waals surface area contributed by atoms with Crippen molar-refractivity contribution in [1.82, 2.24) is 9.38 Å². The van der Waals surface area contributed by atoms with Gasteiger partial charge in [-0.1, -0.05) is 17.8 Å². The third kappa shape index (κ3) is 2.87. The molecule has 2 aromatic rings. The number of aromatic nitrogens is 2. The van der Waals surface area contributed by atoms with Gasteiger partial charge in [0.2, 0.25) is 0 Å². The van der Waals surface area contributed by atoms with Crippen molar-refractivity contribution in [2.75, 3.05) is 0 Å². The minimum Gasteiger partial charge on any atom is -0.379 e. The molecule has 2 aromatic heterocycles. The van der Waals surface area contributed by atoms with Crippen molar-refractivity contribution in [2.24, 2.45) is 5.73 Å². The molecule has 0 amide bonds. The number of imidazole rings is 1. The first-order valence-electron chi connectivity index (χ1n) is 4.15. The van der Waals surface area contributed by atoms with Crippen molar-refractivity contribution < 1.29 is 0 Å². The summed E-state index contributed by atoms with van der Waals surface area (Å²) >= 11 is 1.28. The van der Waals surface area contributed by atoms with E-state index in [1.165, 1.54) is 11.8 Å². The van der Waals surface area contributed by atoms with Gasteiger partial charge in [-0.3, -0.25) is 5.41 Å². The third-order valence-corrected chi connectivity index (χ3v) is 2.54. The summed E-state index contributed by atoms with van der Waals surface area (Å²) in [6.45, 7) is 0. The van der Waals surface area contributed by atoms with Crippen LogP contribution in [0.2, 0.25) is 0 Å². The molecule has 0 aromatic carbocycles. The number of amidine groups is 1.